The molecule has 2 unspecified atom stereocenters. The van der Waals surface area contributed by atoms with E-state index in [4.69, 9.17) is 9.47 Å². The zero-order valence-electron chi connectivity index (χ0n) is 23.7. The van der Waals surface area contributed by atoms with Gasteiger partial charge in [-0.15, -0.1) is 0 Å². The van der Waals surface area contributed by atoms with Crippen molar-refractivity contribution < 1.29 is 34.4 Å². The molecule has 4 rings (SSSR count). The maximum Gasteiger partial charge on any atom is 0.408 e. The standard InChI is InChI=1S/C27H36N6O7S/c1-27(2,3)40-26(38)31-17(25(36)37)12-41(11-16-9-7-6-8-10-16)13-18-20(34)21(35)24(39-18)33-15-30-19-22(32(4)5)28-14-29-23(19)33/h6-10,14-15,17-18,20-21,24,34-35H,11-13H2,1-5H3,(H-,31,36,37,38)/p+1/t17-,18+,20?,21-,24+,41?/m0/s1. The van der Waals surface area contributed by atoms with Crippen LogP contribution in [0.15, 0.2) is 43.0 Å². The summed E-state index contributed by atoms with van der Waals surface area (Å²) in [6.07, 6.45) is -2.26. The molecule has 222 valence electrons. The number of aliphatic hydroxyl groups excluding tert-OH is 2. The molecule has 6 atom stereocenters. The maximum atomic E-state index is 12.4. The van der Waals surface area contributed by atoms with E-state index in [0.717, 1.165) is 5.56 Å². The molecule has 0 aliphatic carbocycles. The van der Waals surface area contributed by atoms with Crippen LogP contribution in [0.4, 0.5) is 10.6 Å². The monoisotopic (exact) mass is 589 g/mol. The van der Waals surface area contributed by atoms with Crippen LogP contribution in [-0.4, -0.2) is 102 Å². The maximum absolute atomic E-state index is 12.4. The first-order valence-corrected chi connectivity index (χ1v) is 14.8. The third-order valence-electron chi connectivity index (χ3n) is 6.38. The number of amides is 1. The molecule has 0 bridgehead atoms. The number of benzene rings is 1. The molecule has 1 aliphatic rings. The second kappa shape index (κ2) is 12.6. The highest BCUT2D eigenvalue weighted by Crippen LogP contribution is 2.34. The lowest BCUT2D eigenvalue weighted by atomic mass is 10.1. The Balaban J connectivity index is 1.55. The molecule has 0 radical (unpaired) electrons. The molecular formula is C27H37N6O7S+. The molecule has 1 saturated heterocycles. The molecule has 41 heavy (non-hydrogen) atoms. The van der Waals surface area contributed by atoms with Gasteiger partial charge < -0.3 is 35.0 Å². The predicted molar refractivity (Wildman–Crippen MR) is 154 cm³/mol. The highest BCUT2D eigenvalue weighted by Gasteiger charge is 2.48. The van der Waals surface area contributed by atoms with Crippen LogP contribution < -0.4 is 10.2 Å². The van der Waals surface area contributed by atoms with Crippen molar-refractivity contribution >= 4 is 39.9 Å². The molecule has 0 spiro atoms. The van der Waals surface area contributed by atoms with Crippen molar-refractivity contribution in [3.05, 3.63) is 48.5 Å². The first-order chi connectivity index (χ1) is 19.3. The number of alkyl carbamates (subject to hydrolysis) is 1. The molecule has 1 aliphatic heterocycles. The quantitative estimate of drug-likeness (QED) is 0.251. The van der Waals surface area contributed by atoms with Crippen molar-refractivity contribution in [1.29, 1.82) is 0 Å². The summed E-state index contributed by atoms with van der Waals surface area (Å²) >= 11 is 0. The zero-order chi connectivity index (χ0) is 29.9. The Kier molecular flexibility index (Phi) is 9.37. The van der Waals surface area contributed by atoms with Crippen LogP contribution in [0.25, 0.3) is 11.2 Å². The van der Waals surface area contributed by atoms with Gasteiger partial charge in [-0.3, -0.25) is 4.57 Å². The van der Waals surface area contributed by atoms with Gasteiger partial charge in [-0.25, -0.2) is 24.5 Å². The summed E-state index contributed by atoms with van der Waals surface area (Å²) in [7, 11) is 2.97. The summed E-state index contributed by atoms with van der Waals surface area (Å²) in [6, 6.07) is 8.30. The number of nitrogens with one attached hydrogen (secondary N) is 1. The van der Waals surface area contributed by atoms with Gasteiger partial charge in [0.25, 0.3) is 0 Å². The van der Waals surface area contributed by atoms with E-state index in [0.29, 0.717) is 22.7 Å². The molecule has 14 heteroatoms. The molecule has 2 aromatic heterocycles. The summed E-state index contributed by atoms with van der Waals surface area (Å²) in [4.78, 5) is 39.3. The Bertz CT molecular complexity index is 1350. The number of carbonyl (C=O) groups is 2. The topological polar surface area (TPSA) is 172 Å². The van der Waals surface area contributed by atoms with E-state index in [9.17, 15) is 24.9 Å². The number of hydrogen-bond donors (Lipinski definition) is 4. The Hall–Kier alpha value is -3.46. The summed E-state index contributed by atoms with van der Waals surface area (Å²) in [6.45, 7) is 5.08. The molecule has 0 saturated carbocycles. The van der Waals surface area contributed by atoms with Crippen molar-refractivity contribution in [2.24, 2.45) is 0 Å². The van der Waals surface area contributed by atoms with E-state index in [1.165, 1.54) is 12.7 Å². The molecule has 3 heterocycles. The summed E-state index contributed by atoms with van der Waals surface area (Å²) in [5.41, 5.74) is 1.14. The third-order valence-corrected chi connectivity index (χ3v) is 8.73. The van der Waals surface area contributed by atoms with Crippen LogP contribution in [0.1, 0.15) is 32.6 Å². The van der Waals surface area contributed by atoms with Crippen molar-refractivity contribution in [2.75, 3.05) is 30.5 Å². The molecule has 4 N–H and O–H groups in total. The third kappa shape index (κ3) is 7.44. The Morgan fingerprint density at radius 3 is 2.49 bits per heavy atom. The number of anilines is 1. The Morgan fingerprint density at radius 2 is 1.85 bits per heavy atom. The minimum atomic E-state index is -1.28. The van der Waals surface area contributed by atoms with Gasteiger partial charge in [0.05, 0.1) is 6.33 Å². The number of hydrogen-bond acceptors (Lipinski definition) is 10. The number of aromatic nitrogens is 4. The number of ether oxygens (including phenoxy) is 2. The first kappa shape index (κ1) is 30.5. The predicted octanol–water partition coefficient (Wildman–Crippen LogP) is 1.31. The number of aliphatic carboxylic acids is 1. The lowest BCUT2D eigenvalue weighted by molar-refractivity contribution is -0.138. The van der Waals surface area contributed by atoms with Gasteiger partial charge in [0, 0.05) is 19.7 Å². The van der Waals surface area contributed by atoms with Crippen molar-refractivity contribution in [3.8, 4) is 0 Å². The van der Waals surface area contributed by atoms with Crippen molar-refractivity contribution in [2.45, 2.75) is 62.7 Å². The number of carboxylic acid groups (broad SMARTS) is 1. The van der Waals surface area contributed by atoms with Gasteiger partial charge >= 0.3 is 12.1 Å². The second-order valence-corrected chi connectivity index (χ2v) is 13.3. The Labute approximate surface area is 240 Å². The molecule has 1 fully saturated rings. The number of carbonyl (C=O) groups excluding carboxylic acids is 1. The SMILES string of the molecule is CN(C)c1ncnc2c1ncn2[C@@H]1O[C@H](C[S+](Cc2ccccc2)C[C@H](NC(=O)OC(C)(C)C)C(=O)O)C(O)[C@@H]1O. The van der Waals surface area contributed by atoms with Gasteiger partial charge in [0.1, 0.15) is 47.5 Å². The number of rotatable bonds is 10. The molecule has 13 nitrogen and oxygen atoms in total. The fourth-order valence-electron chi connectivity index (χ4n) is 4.54. The van der Waals surface area contributed by atoms with Crippen LogP contribution in [0.3, 0.4) is 0 Å². The number of aliphatic hydroxyl groups is 2. The summed E-state index contributed by atoms with van der Waals surface area (Å²) < 4.78 is 13.0. The number of imidazole rings is 1. The lowest BCUT2D eigenvalue weighted by Crippen LogP contribution is -2.48. The molecule has 1 aromatic carbocycles. The van der Waals surface area contributed by atoms with E-state index in [1.54, 1.807) is 30.2 Å². The lowest BCUT2D eigenvalue weighted by Gasteiger charge is -2.23. The minimum absolute atomic E-state index is 0.0736. The second-order valence-electron chi connectivity index (χ2n) is 11.1. The molecular weight excluding hydrogens is 552 g/mol. The van der Waals surface area contributed by atoms with E-state index >= 15 is 0 Å². The average molecular weight is 590 g/mol. The highest BCUT2D eigenvalue weighted by molar-refractivity contribution is 7.96. The van der Waals surface area contributed by atoms with Gasteiger partial charge in [-0.05, 0) is 31.7 Å². The van der Waals surface area contributed by atoms with Crippen LogP contribution in [-0.2, 0) is 30.9 Å². The van der Waals surface area contributed by atoms with Crippen LogP contribution in [0.2, 0.25) is 0 Å². The fraction of sp³-hybridized carbons (Fsp3) is 0.519. The number of nitrogens with zero attached hydrogens (tertiary/aromatic N) is 5. The van der Waals surface area contributed by atoms with Gasteiger partial charge in [0.2, 0.25) is 0 Å². The fourth-order valence-corrected chi connectivity index (χ4v) is 7.01. The average Bonchev–Trinajstić information content (AvgIpc) is 3.44. The smallest absolute Gasteiger partial charge is 0.408 e. The minimum Gasteiger partial charge on any atom is -0.480 e. The van der Waals surface area contributed by atoms with E-state index in [1.807, 2.05) is 44.4 Å². The van der Waals surface area contributed by atoms with Crippen LogP contribution in [0.5, 0.6) is 0 Å². The van der Waals surface area contributed by atoms with Crippen LogP contribution in [0, 0.1) is 0 Å². The van der Waals surface area contributed by atoms with Crippen LogP contribution >= 0.6 is 0 Å². The molecule has 1 amide bonds. The van der Waals surface area contributed by atoms with Gasteiger partial charge in [-0.2, -0.15) is 0 Å². The summed E-state index contributed by atoms with van der Waals surface area (Å²) in [5, 5.41) is 34.4. The van der Waals surface area contributed by atoms with Gasteiger partial charge in [-0.1, -0.05) is 30.3 Å². The molecule has 3 aromatic rings. The number of fused-ring (bicyclic) bond motifs is 1. The highest BCUT2D eigenvalue weighted by atomic mass is 32.2. The first-order valence-electron chi connectivity index (χ1n) is 13.1. The van der Waals surface area contributed by atoms with E-state index in [2.05, 4.69) is 20.3 Å². The summed E-state index contributed by atoms with van der Waals surface area (Å²) in [5.74, 6) is 0.202. The zero-order valence-corrected chi connectivity index (χ0v) is 24.5. The van der Waals surface area contributed by atoms with E-state index < -0.39 is 59.1 Å². The van der Waals surface area contributed by atoms with Gasteiger partial charge in [0.15, 0.2) is 29.3 Å². The number of carboxylic acids is 1. The normalized spacial score (nSPS) is 22.3. The largest absolute Gasteiger partial charge is 0.480 e. The van der Waals surface area contributed by atoms with Crippen molar-refractivity contribution in [3.63, 3.8) is 0 Å². The van der Waals surface area contributed by atoms with Crippen molar-refractivity contribution in [1.82, 2.24) is 24.8 Å². The van der Waals surface area contributed by atoms with E-state index in [-0.39, 0.29) is 11.5 Å². The Morgan fingerprint density at radius 1 is 1.15 bits per heavy atom.